The number of urea groups is 1. The number of hydrogen-bond donors (Lipinski definition) is 6. The fourth-order valence-electron chi connectivity index (χ4n) is 5.40. The minimum absolute atomic E-state index is 0.0403. The van der Waals surface area contributed by atoms with Crippen LogP contribution in [0.1, 0.15) is 47.9 Å². The first-order valence-corrected chi connectivity index (χ1v) is 18.8. The number of amides is 4. The molecular formula is C34H36Br2F12N8O7. The Balaban J connectivity index is 0.00000121. The number of alkyl halides is 12. The molecule has 4 amide bonds. The molecule has 29 heteroatoms. The smallest absolute Gasteiger partial charge is 0.475 e. The second-order valence-corrected chi connectivity index (χ2v) is 14.8. The number of nitrogens with two attached hydrogens (primary N) is 4. The lowest BCUT2D eigenvalue weighted by Crippen LogP contribution is -2.66. The summed E-state index contributed by atoms with van der Waals surface area (Å²) in [4.78, 5) is 69.7. The molecule has 0 spiro atoms. The zero-order chi connectivity index (χ0) is 48.9. The maximum Gasteiger partial charge on any atom is 0.490 e. The van der Waals surface area contributed by atoms with E-state index in [0.29, 0.717) is 39.5 Å². The van der Waals surface area contributed by atoms with Gasteiger partial charge in [0, 0.05) is 35.1 Å². The highest BCUT2D eigenvalue weighted by Gasteiger charge is 2.57. The maximum atomic E-state index is 14.5. The molecule has 2 aromatic rings. The van der Waals surface area contributed by atoms with Crippen molar-refractivity contribution in [3.63, 3.8) is 0 Å². The lowest BCUT2D eigenvalue weighted by atomic mass is 9.72. The predicted molar refractivity (Wildman–Crippen MR) is 204 cm³/mol. The average Bonchev–Trinajstić information content (AvgIpc) is 3.11. The van der Waals surface area contributed by atoms with Crippen molar-refractivity contribution in [2.45, 2.75) is 63.2 Å². The minimum atomic E-state index is -5.18. The van der Waals surface area contributed by atoms with Crippen LogP contribution in [0.25, 0.3) is 0 Å². The molecule has 1 aliphatic rings. The number of carboxylic acids is 2. The number of aliphatic carboxylic acids is 2. The SMILES string of the molecule is NC(N)=NCCCCN1C(=O)N(CCCCN=C(N)N)C(=O)C(Cc2cc(Br)cc(Br)c2)(Cc2cc(C(F)(F)F)cc(C(F)(F)F)c2)C1=O.O=C(O)C(F)(F)F.O=C(O)C(F)(F)F. The van der Waals surface area contributed by atoms with E-state index >= 15 is 0 Å². The van der Waals surface area contributed by atoms with Crippen LogP contribution < -0.4 is 22.9 Å². The van der Waals surface area contributed by atoms with E-state index in [9.17, 15) is 67.1 Å². The molecule has 0 saturated carbocycles. The molecule has 0 bridgehead atoms. The molecule has 352 valence electrons. The molecule has 3 rings (SSSR count). The van der Waals surface area contributed by atoms with Crippen molar-refractivity contribution in [2.75, 3.05) is 26.2 Å². The molecule has 2 aromatic carbocycles. The van der Waals surface area contributed by atoms with E-state index in [1.54, 1.807) is 18.2 Å². The summed E-state index contributed by atoms with van der Waals surface area (Å²) >= 11 is 6.65. The molecule has 15 nitrogen and oxygen atoms in total. The molecule has 0 atom stereocenters. The Morgan fingerprint density at radius 1 is 0.571 bits per heavy atom. The minimum Gasteiger partial charge on any atom is -0.475 e. The van der Waals surface area contributed by atoms with Gasteiger partial charge in [-0.2, -0.15) is 52.7 Å². The number of nitrogens with zero attached hydrogens (tertiary/aromatic N) is 4. The highest BCUT2D eigenvalue weighted by atomic mass is 79.9. The van der Waals surface area contributed by atoms with E-state index in [1.807, 2.05) is 0 Å². The lowest BCUT2D eigenvalue weighted by Gasteiger charge is -2.44. The van der Waals surface area contributed by atoms with Crippen LogP contribution in [0.4, 0.5) is 57.5 Å². The fourth-order valence-corrected chi connectivity index (χ4v) is 6.79. The number of carboxylic acid groups (broad SMARTS) is 2. The zero-order valence-electron chi connectivity index (χ0n) is 31.9. The Morgan fingerprint density at radius 2 is 0.889 bits per heavy atom. The number of unbranched alkanes of at least 4 members (excludes halogenated alkanes) is 2. The summed E-state index contributed by atoms with van der Waals surface area (Å²) in [5, 5.41) is 14.2. The van der Waals surface area contributed by atoms with Crippen molar-refractivity contribution >= 4 is 73.6 Å². The van der Waals surface area contributed by atoms with Gasteiger partial charge in [-0.15, -0.1) is 0 Å². The molecule has 0 aliphatic carbocycles. The number of guanidine groups is 2. The van der Waals surface area contributed by atoms with Crippen molar-refractivity contribution in [1.29, 1.82) is 0 Å². The van der Waals surface area contributed by atoms with Gasteiger partial charge in [0.05, 0.1) is 11.1 Å². The van der Waals surface area contributed by atoms with Crippen LogP contribution in [0.15, 0.2) is 55.3 Å². The highest BCUT2D eigenvalue weighted by molar-refractivity contribution is 9.11. The van der Waals surface area contributed by atoms with Gasteiger partial charge in [0.2, 0.25) is 11.8 Å². The second kappa shape index (κ2) is 22.8. The first-order chi connectivity index (χ1) is 28.6. The van der Waals surface area contributed by atoms with E-state index in [2.05, 4.69) is 41.8 Å². The number of carbonyl (C=O) groups is 5. The number of barbiturate groups is 1. The monoisotopic (exact) mass is 1050 g/mol. The Bertz CT molecular complexity index is 1900. The van der Waals surface area contributed by atoms with Gasteiger partial charge in [-0.05, 0) is 86.1 Å². The van der Waals surface area contributed by atoms with Gasteiger partial charge in [0.1, 0.15) is 5.41 Å². The standard InChI is InChI=1S/C30H34Br2F6N8O3.2C2HF3O2/c31-21-11-18(12-22(32)14-21)16-28(15-17-9-19(29(33,34)35)13-20(10-17)30(36,37)38)23(47)45(7-3-1-5-43-25(39)40)27(49)46(24(28)48)8-4-2-6-44-26(41)42;2*3-2(4,5)1(6)7/h9-14H,1-8,15-16H2,(H4,39,40,43)(H4,41,42,44);2*(H,6,7). The van der Waals surface area contributed by atoms with Crippen molar-refractivity contribution in [1.82, 2.24) is 9.80 Å². The van der Waals surface area contributed by atoms with E-state index in [0.717, 1.165) is 9.80 Å². The van der Waals surface area contributed by atoms with Crippen LogP contribution in [0.3, 0.4) is 0 Å². The van der Waals surface area contributed by atoms with Crippen molar-refractivity contribution in [2.24, 2.45) is 38.3 Å². The Hall–Kier alpha value is -5.35. The summed E-state index contributed by atoms with van der Waals surface area (Å²) in [6, 6.07) is 4.68. The summed E-state index contributed by atoms with van der Waals surface area (Å²) in [6.07, 6.45) is -20.9. The zero-order valence-corrected chi connectivity index (χ0v) is 35.0. The Kier molecular flexibility index (Phi) is 20.2. The largest absolute Gasteiger partial charge is 0.490 e. The summed E-state index contributed by atoms with van der Waals surface area (Å²) in [5.41, 5.74) is 15.6. The van der Waals surface area contributed by atoms with Crippen LogP contribution >= 0.6 is 31.9 Å². The third-order valence-corrected chi connectivity index (χ3v) is 8.92. The molecule has 10 N–H and O–H groups in total. The van der Waals surface area contributed by atoms with E-state index < -0.39 is 89.4 Å². The molecule has 0 radical (unpaired) electrons. The van der Waals surface area contributed by atoms with Crippen molar-refractivity contribution < 1.29 is 86.9 Å². The quantitative estimate of drug-likeness (QED) is 0.0409. The number of benzene rings is 2. The molecule has 1 saturated heterocycles. The van der Waals surface area contributed by atoms with Gasteiger partial charge in [0.25, 0.3) is 0 Å². The third-order valence-electron chi connectivity index (χ3n) is 8.01. The van der Waals surface area contributed by atoms with Crippen LogP contribution in [0, 0.1) is 5.41 Å². The number of imide groups is 2. The molecule has 63 heavy (non-hydrogen) atoms. The summed E-state index contributed by atoms with van der Waals surface area (Å²) in [7, 11) is 0. The van der Waals surface area contributed by atoms with Crippen LogP contribution in [-0.2, 0) is 44.4 Å². The number of rotatable bonds is 14. The van der Waals surface area contributed by atoms with Crippen LogP contribution in [0.2, 0.25) is 0 Å². The molecule has 1 aliphatic heterocycles. The Morgan fingerprint density at radius 3 is 1.17 bits per heavy atom. The van der Waals surface area contributed by atoms with Gasteiger partial charge in [-0.25, -0.2) is 14.4 Å². The van der Waals surface area contributed by atoms with Gasteiger partial charge >= 0.3 is 42.7 Å². The summed E-state index contributed by atoms with van der Waals surface area (Å²) < 4.78 is 148. The van der Waals surface area contributed by atoms with Gasteiger partial charge in [0.15, 0.2) is 11.9 Å². The summed E-state index contributed by atoms with van der Waals surface area (Å²) in [5.74, 6) is -8.01. The van der Waals surface area contributed by atoms with E-state index in [4.69, 9.17) is 42.7 Å². The average molecular weight is 1060 g/mol. The number of halogens is 14. The Labute approximate surface area is 364 Å². The normalized spacial score (nSPS) is 14.2. The van der Waals surface area contributed by atoms with Crippen molar-refractivity contribution in [3.05, 3.63) is 67.6 Å². The number of carbonyl (C=O) groups excluding carboxylic acids is 3. The van der Waals surface area contributed by atoms with Crippen molar-refractivity contribution in [3.8, 4) is 0 Å². The van der Waals surface area contributed by atoms with Crippen LogP contribution in [-0.4, -0.2) is 100 Å². The topological polar surface area (TPSA) is 261 Å². The second-order valence-electron chi connectivity index (χ2n) is 13.0. The van der Waals surface area contributed by atoms with E-state index in [1.165, 1.54) is 0 Å². The molecular weight excluding hydrogens is 1020 g/mol. The lowest BCUT2D eigenvalue weighted by molar-refractivity contribution is -0.193. The van der Waals surface area contributed by atoms with Gasteiger partial charge in [-0.3, -0.25) is 29.4 Å². The summed E-state index contributed by atoms with van der Waals surface area (Å²) in [6.45, 7) is -0.188. The van der Waals surface area contributed by atoms with E-state index in [-0.39, 0.29) is 57.0 Å². The molecule has 0 aromatic heterocycles. The molecule has 1 fully saturated rings. The molecule has 0 unspecified atom stereocenters. The first-order valence-electron chi connectivity index (χ1n) is 17.3. The predicted octanol–water partition coefficient (Wildman–Crippen LogP) is 6.19. The van der Waals surface area contributed by atoms with Crippen LogP contribution in [0.5, 0.6) is 0 Å². The fraction of sp³-hybridized carbons (Fsp3) is 0.441. The molecule has 1 heterocycles. The van der Waals surface area contributed by atoms with Gasteiger partial charge in [-0.1, -0.05) is 31.9 Å². The first kappa shape index (κ1) is 55.7. The number of hydrogen-bond acceptors (Lipinski definition) is 7. The maximum absolute atomic E-state index is 14.5. The highest BCUT2D eigenvalue weighted by Crippen LogP contribution is 2.42. The number of aliphatic imine (C=N–C) groups is 2. The van der Waals surface area contributed by atoms with Gasteiger partial charge < -0.3 is 33.1 Å². The third kappa shape index (κ3) is 18.1.